The Morgan fingerprint density at radius 3 is 2.72 bits per heavy atom. The largest absolute Gasteiger partial charge is 0.508 e. The van der Waals surface area contributed by atoms with Gasteiger partial charge in [-0.25, -0.2) is 0 Å². The Hall–Kier alpha value is -1.55. The topological polar surface area (TPSA) is 52.6 Å². The third-order valence-electron chi connectivity index (χ3n) is 3.32. The second kappa shape index (κ2) is 5.87. The molecule has 1 amide bonds. The maximum absolute atomic E-state index is 12.3. The summed E-state index contributed by atoms with van der Waals surface area (Å²) in [4.78, 5) is 14.2. The van der Waals surface area contributed by atoms with Gasteiger partial charge in [0.1, 0.15) is 5.75 Å². The van der Waals surface area contributed by atoms with E-state index in [0.717, 1.165) is 26.1 Å². The molecule has 0 aliphatic carbocycles. The van der Waals surface area contributed by atoms with Crippen molar-refractivity contribution in [2.75, 3.05) is 19.6 Å². The van der Waals surface area contributed by atoms with Crippen molar-refractivity contribution in [3.05, 3.63) is 29.8 Å². The van der Waals surface area contributed by atoms with Gasteiger partial charge in [-0.3, -0.25) is 4.79 Å². The van der Waals surface area contributed by atoms with Crippen LogP contribution in [0.25, 0.3) is 0 Å². The number of benzene rings is 1. The molecule has 98 valence electrons. The van der Waals surface area contributed by atoms with Gasteiger partial charge in [0.25, 0.3) is 0 Å². The van der Waals surface area contributed by atoms with E-state index < -0.39 is 0 Å². The smallest absolute Gasteiger partial charge is 0.227 e. The number of carbonyl (C=O) groups is 1. The van der Waals surface area contributed by atoms with E-state index in [4.69, 9.17) is 0 Å². The fraction of sp³-hybridized carbons (Fsp3) is 0.500. The average Bonchev–Trinajstić information content (AvgIpc) is 2.29. The van der Waals surface area contributed by atoms with Crippen molar-refractivity contribution in [3.63, 3.8) is 0 Å². The van der Waals surface area contributed by atoms with Gasteiger partial charge in [-0.1, -0.05) is 25.1 Å². The van der Waals surface area contributed by atoms with Gasteiger partial charge >= 0.3 is 0 Å². The summed E-state index contributed by atoms with van der Waals surface area (Å²) >= 11 is 0. The van der Waals surface area contributed by atoms with Crippen molar-refractivity contribution in [3.8, 4) is 5.75 Å². The normalized spacial score (nSPS) is 15.2. The lowest BCUT2D eigenvalue weighted by atomic mass is 10.1. The molecule has 1 aliphatic rings. The van der Waals surface area contributed by atoms with Crippen LogP contribution in [0.1, 0.15) is 18.9 Å². The zero-order chi connectivity index (χ0) is 13.0. The fourth-order valence-corrected chi connectivity index (χ4v) is 2.17. The van der Waals surface area contributed by atoms with Crippen LogP contribution in [0.5, 0.6) is 5.75 Å². The molecule has 1 aromatic carbocycles. The number of phenolic OH excluding ortho intramolecular Hbond substituents is 1. The van der Waals surface area contributed by atoms with Crippen molar-refractivity contribution < 1.29 is 9.90 Å². The molecule has 0 aromatic heterocycles. The molecular formula is C14H20N2O2. The Kier molecular flexibility index (Phi) is 4.20. The van der Waals surface area contributed by atoms with E-state index in [1.54, 1.807) is 18.2 Å². The first-order chi connectivity index (χ1) is 8.72. The van der Waals surface area contributed by atoms with E-state index in [9.17, 15) is 9.90 Å². The summed E-state index contributed by atoms with van der Waals surface area (Å²) in [5.74, 6) is 0.305. The van der Waals surface area contributed by atoms with Crippen molar-refractivity contribution in [2.24, 2.45) is 0 Å². The quantitative estimate of drug-likeness (QED) is 0.821. The van der Waals surface area contributed by atoms with Gasteiger partial charge in [0.15, 0.2) is 0 Å². The first-order valence-electron chi connectivity index (χ1n) is 6.49. The molecule has 0 radical (unpaired) electrons. The third kappa shape index (κ3) is 2.82. The second-order valence-corrected chi connectivity index (χ2v) is 4.70. The van der Waals surface area contributed by atoms with Crippen LogP contribution < -0.4 is 5.32 Å². The molecule has 1 aromatic rings. The summed E-state index contributed by atoms with van der Waals surface area (Å²) in [6, 6.07) is 7.36. The molecule has 0 bridgehead atoms. The lowest BCUT2D eigenvalue weighted by Crippen LogP contribution is -2.59. The van der Waals surface area contributed by atoms with E-state index in [0.29, 0.717) is 11.6 Å². The second-order valence-electron chi connectivity index (χ2n) is 4.70. The molecular weight excluding hydrogens is 228 g/mol. The van der Waals surface area contributed by atoms with Gasteiger partial charge in [-0.05, 0) is 12.5 Å². The molecule has 2 rings (SSSR count). The maximum Gasteiger partial charge on any atom is 0.227 e. The highest BCUT2D eigenvalue weighted by atomic mass is 16.3. The Balaban J connectivity index is 2.02. The number of rotatable bonds is 5. The number of hydrogen-bond donors (Lipinski definition) is 2. The van der Waals surface area contributed by atoms with Crippen LogP contribution in [-0.4, -0.2) is 41.6 Å². The standard InChI is InChI=1S/C14H20N2O2/c1-2-7-16(12-9-15-10-12)14(18)8-11-5-3-4-6-13(11)17/h3-6,12,15,17H,2,7-10H2,1H3. The van der Waals surface area contributed by atoms with Crippen molar-refractivity contribution in [1.82, 2.24) is 10.2 Å². The van der Waals surface area contributed by atoms with Gasteiger partial charge < -0.3 is 15.3 Å². The summed E-state index contributed by atoms with van der Waals surface area (Å²) in [5.41, 5.74) is 0.705. The molecule has 4 nitrogen and oxygen atoms in total. The van der Waals surface area contributed by atoms with E-state index in [2.05, 4.69) is 12.2 Å². The summed E-state index contributed by atoms with van der Waals surface area (Å²) in [6.07, 6.45) is 1.24. The van der Waals surface area contributed by atoms with Crippen LogP contribution in [-0.2, 0) is 11.2 Å². The first kappa shape index (κ1) is 12.9. The molecule has 4 heteroatoms. The van der Waals surface area contributed by atoms with Gasteiger partial charge in [-0.15, -0.1) is 0 Å². The summed E-state index contributed by atoms with van der Waals surface area (Å²) in [7, 11) is 0. The van der Waals surface area contributed by atoms with E-state index >= 15 is 0 Å². The van der Waals surface area contributed by atoms with Crippen molar-refractivity contribution in [2.45, 2.75) is 25.8 Å². The lowest BCUT2D eigenvalue weighted by molar-refractivity contribution is -0.133. The minimum atomic E-state index is 0.102. The third-order valence-corrected chi connectivity index (χ3v) is 3.32. The Morgan fingerprint density at radius 2 is 2.17 bits per heavy atom. The van der Waals surface area contributed by atoms with Crippen molar-refractivity contribution >= 4 is 5.91 Å². The van der Waals surface area contributed by atoms with Gasteiger partial charge in [-0.2, -0.15) is 0 Å². The van der Waals surface area contributed by atoms with E-state index in [-0.39, 0.29) is 18.1 Å². The zero-order valence-corrected chi connectivity index (χ0v) is 10.7. The Morgan fingerprint density at radius 1 is 1.44 bits per heavy atom. The molecule has 18 heavy (non-hydrogen) atoms. The van der Waals surface area contributed by atoms with Crippen LogP contribution in [0.15, 0.2) is 24.3 Å². The molecule has 0 spiro atoms. The minimum absolute atomic E-state index is 0.102. The highest BCUT2D eigenvalue weighted by molar-refractivity contribution is 5.80. The summed E-state index contributed by atoms with van der Waals surface area (Å²) in [6.45, 7) is 4.63. The SMILES string of the molecule is CCCN(C(=O)Cc1ccccc1O)C1CNC1. The molecule has 1 heterocycles. The van der Waals surface area contributed by atoms with Crippen LogP contribution >= 0.6 is 0 Å². The average molecular weight is 248 g/mol. The number of para-hydroxylation sites is 1. The Labute approximate surface area is 108 Å². The van der Waals surface area contributed by atoms with Gasteiger partial charge in [0, 0.05) is 25.2 Å². The maximum atomic E-state index is 12.3. The highest BCUT2D eigenvalue weighted by Crippen LogP contribution is 2.18. The van der Waals surface area contributed by atoms with Crippen LogP contribution in [0.2, 0.25) is 0 Å². The summed E-state index contributed by atoms with van der Waals surface area (Å²) < 4.78 is 0. The number of hydrogen-bond acceptors (Lipinski definition) is 3. The fourth-order valence-electron chi connectivity index (χ4n) is 2.17. The predicted octanol–water partition coefficient (Wildman–Crippen LogP) is 1.15. The minimum Gasteiger partial charge on any atom is -0.508 e. The number of aromatic hydroxyl groups is 1. The number of nitrogens with one attached hydrogen (secondary N) is 1. The zero-order valence-electron chi connectivity index (χ0n) is 10.7. The predicted molar refractivity (Wildman–Crippen MR) is 70.5 cm³/mol. The monoisotopic (exact) mass is 248 g/mol. The molecule has 1 saturated heterocycles. The molecule has 1 aliphatic heterocycles. The van der Waals surface area contributed by atoms with Crippen LogP contribution in [0.3, 0.4) is 0 Å². The first-order valence-corrected chi connectivity index (χ1v) is 6.49. The van der Waals surface area contributed by atoms with Gasteiger partial charge in [0.2, 0.25) is 5.91 Å². The Bertz CT molecular complexity index is 416. The molecule has 0 saturated carbocycles. The lowest BCUT2D eigenvalue weighted by Gasteiger charge is -2.38. The van der Waals surface area contributed by atoms with Crippen LogP contribution in [0.4, 0.5) is 0 Å². The number of amides is 1. The van der Waals surface area contributed by atoms with Gasteiger partial charge in [0.05, 0.1) is 12.5 Å². The molecule has 1 fully saturated rings. The molecule has 0 unspecified atom stereocenters. The number of carbonyl (C=O) groups excluding carboxylic acids is 1. The van der Waals surface area contributed by atoms with E-state index in [1.807, 2.05) is 11.0 Å². The summed E-state index contributed by atoms with van der Waals surface area (Å²) in [5, 5.41) is 12.9. The van der Waals surface area contributed by atoms with Crippen molar-refractivity contribution in [1.29, 1.82) is 0 Å². The number of nitrogens with zero attached hydrogens (tertiary/aromatic N) is 1. The molecule has 2 N–H and O–H groups in total. The number of phenols is 1. The van der Waals surface area contributed by atoms with E-state index in [1.165, 1.54) is 0 Å². The van der Waals surface area contributed by atoms with Crippen LogP contribution in [0, 0.1) is 0 Å². The highest BCUT2D eigenvalue weighted by Gasteiger charge is 2.27. The molecule has 0 atom stereocenters.